The monoisotopic (exact) mass is 547 g/mol. The smallest absolute Gasteiger partial charge is 0.312 e. The number of carbonyl (C=O) groups excluding carboxylic acids is 1. The van der Waals surface area contributed by atoms with Crippen LogP contribution in [0.25, 0.3) is 0 Å². The van der Waals surface area contributed by atoms with E-state index in [4.69, 9.17) is 4.74 Å². The molecule has 7 nitrogen and oxygen atoms in total. The second kappa shape index (κ2) is 8.91. The number of anilines is 1. The number of cyclic esters (lactones) is 1. The minimum Gasteiger partial charge on any atom is -0.462 e. The zero-order valence-electron chi connectivity index (χ0n) is 17.4. The first-order valence-electron chi connectivity index (χ1n) is 10.6. The van der Waals surface area contributed by atoms with Gasteiger partial charge in [0, 0.05) is 61.5 Å². The number of carbonyl (C=O) groups is 1. The number of rotatable bonds is 5. The normalized spacial score (nSPS) is 25.6. The van der Waals surface area contributed by atoms with Crippen LogP contribution in [0.15, 0.2) is 24.3 Å². The summed E-state index contributed by atoms with van der Waals surface area (Å²) in [5, 5.41) is 0. The van der Waals surface area contributed by atoms with Gasteiger partial charge in [-0.2, -0.15) is 0 Å². The van der Waals surface area contributed by atoms with Crippen molar-refractivity contribution in [2.75, 3.05) is 57.0 Å². The molecule has 3 saturated heterocycles. The number of piperidine rings is 1. The summed E-state index contributed by atoms with van der Waals surface area (Å²) in [5.41, 5.74) is 0.803. The van der Waals surface area contributed by atoms with Crippen LogP contribution in [0.5, 0.6) is 0 Å². The molecule has 1 atom stereocenters. The third kappa shape index (κ3) is 4.94. The lowest BCUT2D eigenvalue weighted by Gasteiger charge is -2.36. The summed E-state index contributed by atoms with van der Waals surface area (Å²) < 4.78 is 31.9. The van der Waals surface area contributed by atoms with Crippen LogP contribution in [-0.4, -0.2) is 81.8 Å². The van der Waals surface area contributed by atoms with Crippen LogP contribution in [-0.2, 0) is 19.6 Å². The largest absolute Gasteiger partial charge is 0.462 e. The van der Waals surface area contributed by atoms with Gasteiger partial charge in [-0.05, 0) is 66.1 Å². The molecule has 3 aliphatic rings. The Morgan fingerprint density at radius 3 is 2.30 bits per heavy atom. The fourth-order valence-electron chi connectivity index (χ4n) is 4.86. The van der Waals surface area contributed by atoms with E-state index < -0.39 is 15.4 Å². The Morgan fingerprint density at radius 1 is 1.07 bits per heavy atom. The third-order valence-corrected chi connectivity index (χ3v) is 8.83. The summed E-state index contributed by atoms with van der Waals surface area (Å²) >= 11 is 2.33. The van der Waals surface area contributed by atoms with Gasteiger partial charge in [-0.1, -0.05) is 0 Å². The fourth-order valence-corrected chi connectivity index (χ4v) is 6.07. The Balaban J connectivity index is 1.23. The Labute approximate surface area is 192 Å². The molecule has 0 bridgehead atoms. The summed E-state index contributed by atoms with van der Waals surface area (Å²) in [6, 6.07) is 8.66. The van der Waals surface area contributed by atoms with Crippen molar-refractivity contribution in [1.82, 2.24) is 9.21 Å². The maximum Gasteiger partial charge on any atom is 0.312 e. The first kappa shape index (κ1) is 22.3. The number of ether oxygens (including phenoxy) is 1. The van der Waals surface area contributed by atoms with Crippen LogP contribution in [0, 0.1) is 8.99 Å². The average Bonchev–Trinajstić information content (AvgIpc) is 3.02. The number of hydrogen-bond donors (Lipinski definition) is 0. The molecule has 3 aliphatic heterocycles. The molecule has 0 saturated carbocycles. The summed E-state index contributed by atoms with van der Waals surface area (Å²) in [7, 11) is -3.18. The molecule has 0 aliphatic carbocycles. The summed E-state index contributed by atoms with van der Waals surface area (Å²) in [5.74, 6) is -0.121. The lowest BCUT2D eigenvalue weighted by atomic mass is 9.76. The van der Waals surface area contributed by atoms with Gasteiger partial charge in [0.1, 0.15) is 6.10 Å². The van der Waals surface area contributed by atoms with E-state index in [1.807, 2.05) is 0 Å². The molecule has 0 radical (unpaired) electrons. The van der Waals surface area contributed by atoms with Crippen molar-refractivity contribution in [2.45, 2.75) is 31.8 Å². The van der Waals surface area contributed by atoms with E-state index in [0.29, 0.717) is 25.9 Å². The van der Waals surface area contributed by atoms with Gasteiger partial charge >= 0.3 is 5.97 Å². The second-order valence-electron chi connectivity index (χ2n) is 8.77. The molecule has 1 aromatic rings. The average molecular weight is 547 g/mol. The molecule has 3 heterocycles. The van der Waals surface area contributed by atoms with Crippen LogP contribution in [0.4, 0.5) is 5.69 Å². The highest BCUT2D eigenvalue weighted by Crippen LogP contribution is 2.44. The molecular weight excluding hydrogens is 517 g/mol. The second-order valence-corrected chi connectivity index (χ2v) is 12.0. The van der Waals surface area contributed by atoms with Crippen molar-refractivity contribution in [3.8, 4) is 0 Å². The lowest BCUT2D eigenvalue weighted by molar-refractivity contribution is -0.150. The Hall–Kier alpha value is -0.910. The first-order valence-corrected chi connectivity index (χ1v) is 13.6. The number of halogens is 1. The lowest BCUT2D eigenvalue weighted by Crippen LogP contribution is -2.47. The minimum atomic E-state index is -3.18. The first-order chi connectivity index (χ1) is 14.2. The van der Waals surface area contributed by atoms with E-state index in [0.717, 1.165) is 45.6 Å². The number of esters is 1. The Kier molecular flexibility index (Phi) is 6.62. The van der Waals surface area contributed by atoms with E-state index in [9.17, 15) is 13.2 Å². The molecule has 1 aromatic carbocycles. The van der Waals surface area contributed by atoms with E-state index in [1.54, 1.807) is 0 Å². The van der Waals surface area contributed by atoms with Gasteiger partial charge in [-0.3, -0.25) is 9.69 Å². The van der Waals surface area contributed by atoms with Crippen LogP contribution in [0.3, 0.4) is 0 Å². The van der Waals surface area contributed by atoms with E-state index in [-0.39, 0.29) is 12.1 Å². The predicted molar refractivity (Wildman–Crippen MR) is 125 cm³/mol. The maximum absolute atomic E-state index is 12.6. The minimum absolute atomic E-state index is 0.0449. The van der Waals surface area contributed by atoms with Gasteiger partial charge in [0.2, 0.25) is 10.0 Å². The van der Waals surface area contributed by atoms with Gasteiger partial charge in [0.25, 0.3) is 0 Å². The topological polar surface area (TPSA) is 70.2 Å². The van der Waals surface area contributed by atoms with E-state index >= 15 is 0 Å². The van der Waals surface area contributed by atoms with Crippen LogP contribution >= 0.6 is 22.6 Å². The van der Waals surface area contributed by atoms with Crippen molar-refractivity contribution in [3.05, 3.63) is 27.8 Å². The third-order valence-electron chi connectivity index (χ3n) is 6.81. The molecule has 9 heteroatoms. The Morgan fingerprint density at radius 2 is 1.70 bits per heavy atom. The highest BCUT2D eigenvalue weighted by atomic mass is 127. The molecule has 0 unspecified atom stereocenters. The van der Waals surface area contributed by atoms with Crippen molar-refractivity contribution in [3.63, 3.8) is 0 Å². The fraction of sp³-hybridized carbons (Fsp3) is 0.667. The molecule has 30 heavy (non-hydrogen) atoms. The van der Waals surface area contributed by atoms with Gasteiger partial charge in [-0.15, -0.1) is 0 Å². The van der Waals surface area contributed by atoms with Crippen molar-refractivity contribution in [2.24, 2.45) is 5.41 Å². The molecule has 166 valence electrons. The standard InChI is InChI=1S/C21H30IN3O4S/c1-30(27,28)25-10-7-21(8-11-25)16-19(29-20(21)26)6-9-23-12-14-24(15-13-23)18-4-2-17(22)3-5-18/h2-5,19H,6-16H2,1H3/t19-/m0/s1. The van der Waals surface area contributed by atoms with Crippen LogP contribution in [0.1, 0.15) is 25.7 Å². The molecule has 3 fully saturated rings. The SMILES string of the molecule is CS(=O)(=O)N1CCC2(CC1)C[C@H](CCN1CCN(c3ccc(I)cc3)CC1)OC2=O. The number of sulfonamides is 1. The maximum atomic E-state index is 12.6. The predicted octanol–water partition coefficient (Wildman–Crippen LogP) is 2.16. The zero-order chi connectivity index (χ0) is 21.4. The Bertz CT molecular complexity index is 861. The molecule has 0 aromatic heterocycles. The van der Waals surface area contributed by atoms with E-state index in [1.165, 1.54) is 19.8 Å². The number of nitrogens with zero attached hydrogens (tertiary/aromatic N) is 3. The highest BCUT2D eigenvalue weighted by Gasteiger charge is 2.51. The quantitative estimate of drug-likeness (QED) is 0.416. The summed E-state index contributed by atoms with van der Waals surface area (Å²) in [6.45, 7) is 5.82. The molecule has 0 N–H and O–H groups in total. The summed E-state index contributed by atoms with van der Waals surface area (Å²) in [6.07, 6.45) is 3.92. The number of hydrogen-bond acceptors (Lipinski definition) is 6. The number of benzene rings is 1. The zero-order valence-corrected chi connectivity index (χ0v) is 20.4. The highest BCUT2D eigenvalue weighted by molar-refractivity contribution is 14.1. The molecule has 4 rings (SSSR count). The van der Waals surface area contributed by atoms with Crippen LogP contribution < -0.4 is 4.90 Å². The van der Waals surface area contributed by atoms with Gasteiger partial charge < -0.3 is 9.64 Å². The van der Waals surface area contributed by atoms with Crippen molar-refractivity contribution in [1.29, 1.82) is 0 Å². The summed E-state index contributed by atoms with van der Waals surface area (Å²) in [4.78, 5) is 17.5. The van der Waals surface area contributed by atoms with Crippen molar-refractivity contribution < 1.29 is 17.9 Å². The van der Waals surface area contributed by atoms with E-state index in [2.05, 4.69) is 56.7 Å². The van der Waals surface area contributed by atoms with Crippen molar-refractivity contribution >= 4 is 44.3 Å². The molecule has 1 spiro atoms. The number of piperazine rings is 1. The van der Waals surface area contributed by atoms with Gasteiger partial charge in [0.05, 0.1) is 11.7 Å². The van der Waals surface area contributed by atoms with Gasteiger partial charge in [0.15, 0.2) is 0 Å². The molecular formula is C21H30IN3O4S. The van der Waals surface area contributed by atoms with Gasteiger partial charge in [-0.25, -0.2) is 12.7 Å². The van der Waals surface area contributed by atoms with Crippen LogP contribution in [0.2, 0.25) is 0 Å². The molecule has 0 amide bonds.